The molecule has 0 spiro atoms. The van der Waals surface area contributed by atoms with Crippen LogP contribution < -0.4 is 4.90 Å². The predicted molar refractivity (Wildman–Crippen MR) is 138 cm³/mol. The van der Waals surface area contributed by atoms with Crippen LogP contribution in [0.4, 0.5) is 11.4 Å². The van der Waals surface area contributed by atoms with Gasteiger partial charge in [0.1, 0.15) is 0 Å². The summed E-state index contributed by atoms with van der Waals surface area (Å²) < 4.78 is 0. The molecule has 5 aromatic rings. The SMILES string of the molecule is CN(c1ccccc1)c1ccc(/C=C(\c2ccccc2)c2cccc3ccccc23)cc1. The van der Waals surface area contributed by atoms with Crippen LogP contribution in [0.3, 0.4) is 0 Å². The Morgan fingerprint density at radius 1 is 0.562 bits per heavy atom. The topological polar surface area (TPSA) is 3.24 Å². The van der Waals surface area contributed by atoms with Gasteiger partial charge in [-0.05, 0) is 63.4 Å². The van der Waals surface area contributed by atoms with Crippen LogP contribution in [0.2, 0.25) is 0 Å². The van der Waals surface area contributed by atoms with Crippen LogP contribution in [-0.4, -0.2) is 7.05 Å². The normalized spacial score (nSPS) is 11.5. The van der Waals surface area contributed by atoms with E-state index in [1.807, 2.05) is 6.07 Å². The Hall–Kier alpha value is -4.10. The molecule has 1 heteroatoms. The van der Waals surface area contributed by atoms with E-state index < -0.39 is 0 Å². The molecule has 32 heavy (non-hydrogen) atoms. The number of fused-ring (bicyclic) bond motifs is 1. The third-order valence-electron chi connectivity index (χ3n) is 5.90. The molecule has 154 valence electrons. The maximum absolute atomic E-state index is 2.30. The van der Waals surface area contributed by atoms with Gasteiger partial charge in [-0.25, -0.2) is 0 Å². The molecule has 0 saturated carbocycles. The Morgan fingerprint density at radius 2 is 1.16 bits per heavy atom. The first-order chi connectivity index (χ1) is 15.8. The fraction of sp³-hybridized carbons (Fsp3) is 0.0323. The average molecular weight is 412 g/mol. The second-order valence-electron chi connectivity index (χ2n) is 7.94. The molecule has 0 bridgehead atoms. The fourth-order valence-electron chi connectivity index (χ4n) is 4.16. The monoisotopic (exact) mass is 411 g/mol. The molecule has 0 aliphatic rings. The Balaban J connectivity index is 1.57. The van der Waals surface area contributed by atoms with Crippen LogP contribution in [0.15, 0.2) is 127 Å². The van der Waals surface area contributed by atoms with E-state index in [0.717, 1.165) is 0 Å². The molecule has 0 aromatic heterocycles. The van der Waals surface area contributed by atoms with E-state index in [2.05, 4.69) is 139 Å². The smallest absolute Gasteiger partial charge is 0.0408 e. The summed E-state index contributed by atoms with van der Waals surface area (Å²) in [5.41, 5.74) is 7.22. The lowest BCUT2D eigenvalue weighted by Crippen LogP contribution is -2.08. The van der Waals surface area contributed by atoms with Crippen molar-refractivity contribution in [3.8, 4) is 0 Å². The van der Waals surface area contributed by atoms with Gasteiger partial charge in [-0.3, -0.25) is 0 Å². The van der Waals surface area contributed by atoms with Gasteiger partial charge in [-0.1, -0.05) is 103 Å². The van der Waals surface area contributed by atoms with Crippen molar-refractivity contribution < 1.29 is 0 Å². The summed E-state index contributed by atoms with van der Waals surface area (Å²) in [5.74, 6) is 0. The molecular weight excluding hydrogens is 386 g/mol. The standard InChI is InChI=1S/C31H25N/c1-32(27-15-6-3-7-16-27)28-21-19-24(20-22-28)23-31(26-11-4-2-5-12-26)30-18-10-14-25-13-8-9-17-29(25)30/h2-23H,1H3/b31-23+. The minimum atomic E-state index is 1.17. The zero-order valence-corrected chi connectivity index (χ0v) is 18.1. The summed E-state index contributed by atoms with van der Waals surface area (Å²) in [7, 11) is 2.10. The number of rotatable bonds is 5. The van der Waals surface area contributed by atoms with Gasteiger partial charge in [-0.2, -0.15) is 0 Å². The molecule has 0 aliphatic carbocycles. The summed E-state index contributed by atoms with van der Waals surface area (Å²) >= 11 is 0. The first-order valence-corrected chi connectivity index (χ1v) is 10.9. The highest BCUT2D eigenvalue weighted by Crippen LogP contribution is 2.32. The third kappa shape index (κ3) is 4.06. The summed E-state index contributed by atoms with van der Waals surface area (Å²) in [6.07, 6.45) is 2.30. The Labute approximate surface area is 189 Å². The van der Waals surface area contributed by atoms with Crippen molar-refractivity contribution in [1.82, 2.24) is 0 Å². The van der Waals surface area contributed by atoms with Gasteiger partial charge >= 0.3 is 0 Å². The molecule has 0 amide bonds. The van der Waals surface area contributed by atoms with Crippen molar-refractivity contribution in [2.75, 3.05) is 11.9 Å². The average Bonchev–Trinajstić information content (AvgIpc) is 2.88. The third-order valence-corrected chi connectivity index (χ3v) is 5.90. The highest BCUT2D eigenvalue weighted by Gasteiger charge is 2.10. The fourth-order valence-corrected chi connectivity index (χ4v) is 4.16. The van der Waals surface area contributed by atoms with Gasteiger partial charge in [0.2, 0.25) is 0 Å². The summed E-state index contributed by atoms with van der Waals surface area (Å²) in [6, 6.07) is 45.0. The molecule has 0 radical (unpaired) electrons. The number of para-hydroxylation sites is 1. The maximum Gasteiger partial charge on any atom is 0.0408 e. The van der Waals surface area contributed by atoms with E-state index in [9.17, 15) is 0 Å². The van der Waals surface area contributed by atoms with Gasteiger partial charge < -0.3 is 4.90 Å². The Kier molecular flexibility index (Phi) is 5.55. The summed E-state index contributed by atoms with van der Waals surface area (Å²) in [4.78, 5) is 2.20. The van der Waals surface area contributed by atoms with Gasteiger partial charge in [0, 0.05) is 18.4 Å². The number of hydrogen-bond donors (Lipinski definition) is 0. The number of nitrogens with zero attached hydrogens (tertiary/aromatic N) is 1. The number of anilines is 2. The van der Waals surface area contributed by atoms with Crippen molar-refractivity contribution in [2.24, 2.45) is 0 Å². The highest BCUT2D eigenvalue weighted by molar-refractivity contribution is 6.02. The zero-order chi connectivity index (χ0) is 21.8. The van der Waals surface area contributed by atoms with E-state index in [4.69, 9.17) is 0 Å². The predicted octanol–water partition coefficient (Wildman–Crippen LogP) is 8.20. The van der Waals surface area contributed by atoms with Crippen LogP contribution in [-0.2, 0) is 0 Å². The molecule has 0 aliphatic heterocycles. The van der Waals surface area contributed by atoms with Crippen LogP contribution in [0.25, 0.3) is 22.4 Å². The van der Waals surface area contributed by atoms with Crippen molar-refractivity contribution in [3.05, 3.63) is 144 Å². The zero-order valence-electron chi connectivity index (χ0n) is 18.1. The Morgan fingerprint density at radius 3 is 1.91 bits per heavy atom. The largest absolute Gasteiger partial charge is 0.345 e. The molecule has 0 N–H and O–H groups in total. The van der Waals surface area contributed by atoms with Crippen LogP contribution in [0.1, 0.15) is 16.7 Å². The maximum atomic E-state index is 2.30. The van der Waals surface area contributed by atoms with Crippen molar-refractivity contribution >= 4 is 33.8 Å². The second-order valence-corrected chi connectivity index (χ2v) is 7.94. The Bertz CT molecular complexity index is 1350. The molecule has 5 rings (SSSR count). The van der Waals surface area contributed by atoms with E-state index in [0.29, 0.717) is 0 Å². The molecule has 0 saturated heterocycles. The summed E-state index contributed by atoms with van der Waals surface area (Å²) in [5, 5.41) is 2.53. The molecule has 1 nitrogen and oxygen atoms in total. The lowest BCUT2D eigenvalue weighted by atomic mass is 9.92. The number of benzene rings is 5. The van der Waals surface area contributed by atoms with Gasteiger partial charge in [-0.15, -0.1) is 0 Å². The molecular formula is C31H25N. The van der Waals surface area contributed by atoms with Crippen LogP contribution in [0, 0.1) is 0 Å². The quantitative estimate of drug-likeness (QED) is 0.263. The molecule has 0 fully saturated rings. The first kappa shape index (κ1) is 19.8. The van der Waals surface area contributed by atoms with E-state index in [1.165, 1.54) is 44.4 Å². The molecule has 5 aromatic carbocycles. The van der Waals surface area contributed by atoms with Crippen molar-refractivity contribution in [1.29, 1.82) is 0 Å². The van der Waals surface area contributed by atoms with Crippen LogP contribution in [0.5, 0.6) is 0 Å². The van der Waals surface area contributed by atoms with Crippen LogP contribution >= 0.6 is 0 Å². The van der Waals surface area contributed by atoms with E-state index in [1.54, 1.807) is 0 Å². The molecule has 0 unspecified atom stereocenters. The lowest BCUT2D eigenvalue weighted by Gasteiger charge is -2.19. The lowest BCUT2D eigenvalue weighted by molar-refractivity contribution is 1.21. The molecule has 0 atom stereocenters. The van der Waals surface area contributed by atoms with Gasteiger partial charge in [0.05, 0.1) is 0 Å². The molecule has 0 heterocycles. The van der Waals surface area contributed by atoms with Gasteiger partial charge in [0.25, 0.3) is 0 Å². The van der Waals surface area contributed by atoms with E-state index in [-0.39, 0.29) is 0 Å². The van der Waals surface area contributed by atoms with Gasteiger partial charge in [0.15, 0.2) is 0 Å². The number of hydrogen-bond acceptors (Lipinski definition) is 1. The second kappa shape index (κ2) is 8.95. The minimum Gasteiger partial charge on any atom is -0.345 e. The highest BCUT2D eigenvalue weighted by atomic mass is 15.1. The van der Waals surface area contributed by atoms with E-state index >= 15 is 0 Å². The first-order valence-electron chi connectivity index (χ1n) is 10.9. The van der Waals surface area contributed by atoms with Crippen molar-refractivity contribution in [3.63, 3.8) is 0 Å². The summed E-state index contributed by atoms with van der Waals surface area (Å²) in [6.45, 7) is 0. The minimum absolute atomic E-state index is 1.17. The van der Waals surface area contributed by atoms with Crippen molar-refractivity contribution in [2.45, 2.75) is 0 Å².